The fourth-order valence-corrected chi connectivity index (χ4v) is 4.52. The van der Waals surface area contributed by atoms with Crippen molar-refractivity contribution in [2.24, 2.45) is 5.92 Å². The van der Waals surface area contributed by atoms with Crippen LogP contribution in [0.15, 0.2) is 24.3 Å². The van der Waals surface area contributed by atoms with E-state index in [2.05, 4.69) is 43.2 Å². The Bertz CT molecular complexity index is 360. The van der Waals surface area contributed by atoms with Crippen molar-refractivity contribution in [2.45, 2.75) is 32.1 Å². The molecule has 0 aliphatic heterocycles. The van der Waals surface area contributed by atoms with Gasteiger partial charge in [0, 0.05) is 8.07 Å². The van der Waals surface area contributed by atoms with E-state index < -0.39 is 8.07 Å². The lowest BCUT2D eigenvalue weighted by Gasteiger charge is -2.24. The smallest absolute Gasteiger partial charge is 0.119 e. The molecule has 0 bridgehead atoms. The van der Waals surface area contributed by atoms with Gasteiger partial charge in [0.05, 0.1) is 7.11 Å². The Labute approximate surface area is 113 Å². The maximum atomic E-state index is 5.29. The fraction of sp³-hybridized carbons (Fsp3) is 0.600. The Hall–Kier alpha value is -0.803. The van der Waals surface area contributed by atoms with Gasteiger partial charge < -0.3 is 10.1 Å². The second-order valence-corrected chi connectivity index (χ2v) is 11.8. The van der Waals surface area contributed by atoms with Gasteiger partial charge in [-0.2, -0.15) is 0 Å². The van der Waals surface area contributed by atoms with Gasteiger partial charge in [0.15, 0.2) is 0 Å². The molecule has 0 spiro atoms. The third-order valence-corrected chi connectivity index (χ3v) is 4.85. The monoisotopic (exact) mass is 265 g/mol. The number of methoxy groups -OCH3 is 1. The van der Waals surface area contributed by atoms with Crippen LogP contribution < -0.4 is 10.1 Å². The summed E-state index contributed by atoms with van der Waals surface area (Å²) in [6, 6.07) is 9.82. The van der Waals surface area contributed by atoms with Gasteiger partial charge in [0.2, 0.25) is 0 Å². The second-order valence-electron chi connectivity index (χ2n) is 6.24. The largest absolute Gasteiger partial charge is 0.497 e. The Morgan fingerprint density at radius 1 is 1.28 bits per heavy atom. The van der Waals surface area contributed by atoms with Crippen molar-refractivity contribution in [3.8, 4) is 5.75 Å². The van der Waals surface area contributed by atoms with Crippen molar-refractivity contribution in [3.05, 3.63) is 29.8 Å². The highest BCUT2D eigenvalue weighted by Gasteiger charge is 2.20. The SMILES string of the molecule is CNCC(Cc1cccc(OC)c1)C[Si](C)(C)C. The molecule has 3 heteroatoms. The molecule has 0 heterocycles. The molecule has 0 aliphatic rings. The van der Waals surface area contributed by atoms with E-state index in [1.54, 1.807) is 7.11 Å². The highest BCUT2D eigenvalue weighted by molar-refractivity contribution is 6.76. The van der Waals surface area contributed by atoms with Crippen LogP contribution in [0.3, 0.4) is 0 Å². The molecule has 1 aromatic rings. The summed E-state index contributed by atoms with van der Waals surface area (Å²) < 4.78 is 5.29. The minimum absolute atomic E-state index is 0.730. The number of nitrogens with one attached hydrogen (secondary N) is 1. The molecule has 1 atom stereocenters. The average Bonchev–Trinajstić information content (AvgIpc) is 2.27. The van der Waals surface area contributed by atoms with E-state index >= 15 is 0 Å². The van der Waals surface area contributed by atoms with Crippen molar-refractivity contribution >= 4 is 8.07 Å². The maximum Gasteiger partial charge on any atom is 0.119 e. The number of benzene rings is 1. The Kier molecular flexibility index (Phi) is 5.89. The van der Waals surface area contributed by atoms with Gasteiger partial charge >= 0.3 is 0 Å². The van der Waals surface area contributed by atoms with Crippen LogP contribution in [0.4, 0.5) is 0 Å². The van der Waals surface area contributed by atoms with Crippen molar-refractivity contribution in [2.75, 3.05) is 20.7 Å². The third kappa shape index (κ3) is 5.69. The summed E-state index contributed by atoms with van der Waals surface area (Å²) >= 11 is 0. The van der Waals surface area contributed by atoms with Gasteiger partial charge in [0.1, 0.15) is 5.75 Å². The van der Waals surface area contributed by atoms with E-state index in [1.165, 1.54) is 11.6 Å². The van der Waals surface area contributed by atoms with Crippen LogP contribution >= 0.6 is 0 Å². The first kappa shape index (κ1) is 15.3. The summed E-state index contributed by atoms with van der Waals surface area (Å²) in [4.78, 5) is 0. The molecule has 0 saturated heterocycles. The van der Waals surface area contributed by atoms with Gasteiger partial charge in [-0.05, 0) is 43.6 Å². The number of hydrogen-bond acceptors (Lipinski definition) is 2. The first-order chi connectivity index (χ1) is 8.44. The minimum atomic E-state index is -1.00. The predicted molar refractivity (Wildman–Crippen MR) is 82.3 cm³/mol. The molecule has 0 amide bonds. The Balaban J connectivity index is 2.69. The van der Waals surface area contributed by atoms with Crippen molar-refractivity contribution in [3.63, 3.8) is 0 Å². The minimum Gasteiger partial charge on any atom is -0.497 e. The van der Waals surface area contributed by atoms with Gasteiger partial charge in [-0.1, -0.05) is 37.8 Å². The maximum absolute atomic E-state index is 5.29. The predicted octanol–water partition coefficient (Wildman–Crippen LogP) is 3.41. The second kappa shape index (κ2) is 6.95. The first-order valence-electron chi connectivity index (χ1n) is 6.72. The molecule has 0 saturated carbocycles. The van der Waals surface area contributed by atoms with E-state index in [1.807, 2.05) is 13.1 Å². The summed E-state index contributed by atoms with van der Waals surface area (Å²) in [6.45, 7) is 8.44. The van der Waals surface area contributed by atoms with Crippen LogP contribution in [-0.4, -0.2) is 28.8 Å². The molecule has 1 aromatic carbocycles. The van der Waals surface area contributed by atoms with E-state index in [0.29, 0.717) is 0 Å². The third-order valence-electron chi connectivity index (χ3n) is 3.05. The highest BCUT2D eigenvalue weighted by Crippen LogP contribution is 2.22. The standard InChI is InChI=1S/C15H27NOSi/c1-16-11-14(12-18(3,4)5)9-13-7-6-8-15(10-13)17-2/h6-8,10,14,16H,9,11-12H2,1-5H3. The molecule has 0 aliphatic carbocycles. The molecule has 1 rings (SSSR count). The van der Waals surface area contributed by atoms with Crippen LogP contribution in [0.25, 0.3) is 0 Å². The van der Waals surface area contributed by atoms with E-state index in [0.717, 1.165) is 24.6 Å². The van der Waals surface area contributed by atoms with Crippen LogP contribution in [-0.2, 0) is 6.42 Å². The molecular weight excluding hydrogens is 238 g/mol. The molecule has 1 N–H and O–H groups in total. The van der Waals surface area contributed by atoms with E-state index in [9.17, 15) is 0 Å². The van der Waals surface area contributed by atoms with Gasteiger partial charge in [0.25, 0.3) is 0 Å². The molecule has 18 heavy (non-hydrogen) atoms. The summed E-state index contributed by atoms with van der Waals surface area (Å²) in [5.74, 6) is 1.69. The highest BCUT2D eigenvalue weighted by atomic mass is 28.3. The van der Waals surface area contributed by atoms with Gasteiger partial charge in [-0.25, -0.2) is 0 Å². The molecule has 0 radical (unpaired) electrons. The first-order valence-corrected chi connectivity index (χ1v) is 10.4. The molecular formula is C15H27NOSi. The van der Waals surface area contributed by atoms with E-state index in [4.69, 9.17) is 4.74 Å². The summed E-state index contributed by atoms with van der Waals surface area (Å²) in [5, 5.41) is 3.33. The fourth-order valence-electron chi connectivity index (χ4n) is 2.50. The van der Waals surface area contributed by atoms with Gasteiger partial charge in [-0.15, -0.1) is 0 Å². The van der Waals surface area contributed by atoms with Crippen molar-refractivity contribution in [1.82, 2.24) is 5.32 Å². The zero-order valence-corrected chi connectivity index (χ0v) is 13.4. The molecule has 102 valence electrons. The summed E-state index contributed by atoms with van der Waals surface area (Å²) in [7, 11) is 2.77. The normalized spacial score (nSPS) is 13.4. The molecule has 0 aromatic heterocycles. The average molecular weight is 265 g/mol. The quantitative estimate of drug-likeness (QED) is 0.763. The number of rotatable bonds is 7. The lowest BCUT2D eigenvalue weighted by Crippen LogP contribution is -2.30. The van der Waals surface area contributed by atoms with Crippen LogP contribution in [0.5, 0.6) is 5.75 Å². The molecule has 0 fully saturated rings. The zero-order chi connectivity index (χ0) is 13.6. The Morgan fingerprint density at radius 3 is 2.56 bits per heavy atom. The summed E-state index contributed by atoms with van der Waals surface area (Å²) in [6.07, 6.45) is 1.14. The zero-order valence-electron chi connectivity index (χ0n) is 12.4. The Morgan fingerprint density at radius 2 is 2.00 bits per heavy atom. The lowest BCUT2D eigenvalue weighted by atomic mass is 10.0. The van der Waals surface area contributed by atoms with Gasteiger partial charge in [-0.3, -0.25) is 0 Å². The van der Waals surface area contributed by atoms with E-state index in [-0.39, 0.29) is 0 Å². The number of ether oxygens (including phenoxy) is 1. The van der Waals surface area contributed by atoms with Crippen LogP contribution in [0, 0.1) is 5.92 Å². The van der Waals surface area contributed by atoms with Crippen molar-refractivity contribution < 1.29 is 4.74 Å². The lowest BCUT2D eigenvalue weighted by molar-refractivity contribution is 0.413. The summed E-state index contributed by atoms with van der Waals surface area (Å²) in [5.41, 5.74) is 1.38. The molecule has 1 unspecified atom stereocenters. The van der Waals surface area contributed by atoms with Crippen LogP contribution in [0.1, 0.15) is 5.56 Å². The number of hydrogen-bond donors (Lipinski definition) is 1. The van der Waals surface area contributed by atoms with Crippen molar-refractivity contribution in [1.29, 1.82) is 0 Å². The molecule has 2 nitrogen and oxygen atoms in total. The topological polar surface area (TPSA) is 21.3 Å². The van der Waals surface area contributed by atoms with Crippen LogP contribution in [0.2, 0.25) is 25.7 Å².